The maximum Gasteiger partial charge on any atom is 0.245 e. The normalized spacial score (nSPS) is 16.8. The molecule has 1 saturated heterocycles. The Kier molecular flexibility index (Phi) is 3.16. The van der Waals surface area contributed by atoms with Crippen molar-refractivity contribution >= 4 is 5.95 Å². The summed E-state index contributed by atoms with van der Waals surface area (Å²) in [5.41, 5.74) is 6.70. The van der Waals surface area contributed by atoms with E-state index in [9.17, 15) is 4.39 Å². The number of benzene rings is 1. The van der Waals surface area contributed by atoms with Gasteiger partial charge >= 0.3 is 0 Å². The molecule has 3 N–H and O–H groups in total. The minimum absolute atomic E-state index is 0.256. The predicted octanol–water partition coefficient (Wildman–Crippen LogP) is 1.54. The van der Waals surface area contributed by atoms with Crippen LogP contribution >= 0.6 is 0 Å². The van der Waals surface area contributed by atoms with Crippen molar-refractivity contribution in [1.29, 1.82) is 0 Å². The topological polar surface area (TPSA) is 70.8 Å². The van der Waals surface area contributed by atoms with E-state index < -0.39 is 0 Å². The van der Waals surface area contributed by atoms with E-state index in [2.05, 4.69) is 20.1 Å². The monoisotopic (exact) mass is 261 g/mol. The number of nitrogens with one attached hydrogen (secondary N) is 1. The zero-order chi connectivity index (χ0) is 13.2. The summed E-state index contributed by atoms with van der Waals surface area (Å²) in [5.74, 6) is 1.09. The molecule has 0 unspecified atom stereocenters. The molecule has 3 rings (SSSR count). The first-order valence-corrected chi connectivity index (χ1v) is 6.41. The van der Waals surface area contributed by atoms with Crippen molar-refractivity contribution in [3.63, 3.8) is 0 Å². The molecule has 1 aliphatic heterocycles. The molecule has 19 heavy (non-hydrogen) atoms. The van der Waals surface area contributed by atoms with Crippen molar-refractivity contribution in [3.05, 3.63) is 30.1 Å². The third kappa shape index (κ3) is 2.58. The van der Waals surface area contributed by atoms with Crippen LogP contribution in [0.5, 0.6) is 0 Å². The lowest BCUT2D eigenvalue weighted by atomic mass is 10.1. The summed E-state index contributed by atoms with van der Waals surface area (Å²) in [6, 6.07) is 6.48. The van der Waals surface area contributed by atoms with Gasteiger partial charge in [0.05, 0.1) is 0 Å². The number of hydrogen-bond donors (Lipinski definition) is 2. The van der Waals surface area contributed by atoms with E-state index in [-0.39, 0.29) is 11.9 Å². The Morgan fingerprint density at radius 1 is 1.21 bits per heavy atom. The molecule has 0 aliphatic carbocycles. The van der Waals surface area contributed by atoms with Gasteiger partial charge in [0, 0.05) is 24.7 Å². The van der Waals surface area contributed by atoms with Crippen LogP contribution in [0.1, 0.15) is 12.8 Å². The Labute approximate surface area is 110 Å². The van der Waals surface area contributed by atoms with Crippen LogP contribution in [-0.4, -0.2) is 34.3 Å². The summed E-state index contributed by atoms with van der Waals surface area (Å²) in [6.07, 6.45) is 1.92. The minimum Gasteiger partial charge on any atom is -0.339 e. The Morgan fingerprint density at radius 2 is 1.89 bits per heavy atom. The fraction of sp³-hybridized carbons (Fsp3) is 0.385. The maximum absolute atomic E-state index is 12.9. The molecular weight excluding hydrogens is 245 g/mol. The van der Waals surface area contributed by atoms with Crippen molar-refractivity contribution in [1.82, 2.24) is 15.2 Å². The molecule has 0 bridgehead atoms. The van der Waals surface area contributed by atoms with E-state index in [4.69, 9.17) is 5.73 Å². The predicted molar refractivity (Wildman–Crippen MR) is 71.2 cm³/mol. The molecule has 1 fully saturated rings. The van der Waals surface area contributed by atoms with Crippen molar-refractivity contribution in [2.45, 2.75) is 18.9 Å². The van der Waals surface area contributed by atoms with E-state index >= 15 is 0 Å². The summed E-state index contributed by atoms with van der Waals surface area (Å²) in [6.45, 7) is 1.75. The molecule has 0 amide bonds. The van der Waals surface area contributed by atoms with Crippen molar-refractivity contribution in [3.8, 4) is 11.4 Å². The van der Waals surface area contributed by atoms with Gasteiger partial charge in [0.15, 0.2) is 5.82 Å². The minimum atomic E-state index is -0.256. The number of aromatic amines is 1. The summed E-state index contributed by atoms with van der Waals surface area (Å²) in [4.78, 5) is 6.57. The van der Waals surface area contributed by atoms with Crippen LogP contribution < -0.4 is 10.6 Å². The lowest BCUT2D eigenvalue weighted by Crippen LogP contribution is -2.40. The summed E-state index contributed by atoms with van der Waals surface area (Å²) >= 11 is 0. The highest BCUT2D eigenvalue weighted by Crippen LogP contribution is 2.20. The summed E-state index contributed by atoms with van der Waals surface area (Å²) in [7, 11) is 0. The van der Waals surface area contributed by atoms with Crippen molar-refractivity contribution < 1.29 is 4.39 Å². The van der Waals surface area contributed by atoms with Crippen molar-refractivity contribution in [2.75, 3.05) is 18.0 Å². The second-order valence-electron chi connectivity index (χ2n) is 4.82. The number of piperidine rings is 1. The lowest BCUT2D eigenvalue weighted by molar-refractivity contribution is 0.496. The Morgan fingerprint density at radius 3 is 2.58 bits per heavy atom. The average molecular weight is 261 g/mol. The van der Waals surface area contributed by atoms with Gasteiger partial charge in [-0.15, -0.1) is 5.10 Å². The summed E-state index contributed by atoms with van der Waals surface area (Å²) in [5, 5.41) is 7.11. The number of hydrogen-bond acceptors (Lipinski definition) is 4. The van der Waals surface area contributed by atoms with Gasteiger partial charge in [-0.3, -0.25) is 5.10 Å². The van der Waals surface area contributed by atoms with Crippen LogP contribution in [-0.2, 0) is 0 Å². The quantitative estimate of drug-likeness (QED) is 0.860. The fourth-order valence-corrected chi connectivity index (χ4v) is 2.23. The first-order valence-electron chi connectivity index (χ1n) is 6.41. The number of nitrogens with zero attached hydrogens (tertiary/aromatic N) is 3. The molecule has 0 radical (unpaired) electrons. The first-order chi connectivity index (χ1) is 9.22. The molecule has 0 saturated carbocycles. The van der Waals surface area contributed by atoms with E-state index in [0.29, 0.717) is 11.8 Å². The second kappa shape index (κ2) is 4.97. The van der Waals surface area contributed by atoms with Crippen LogP contribution in [0.4, 0.5) is 10.3 Å². The third-order valence-corrected chi connectivity index (χ3v) is 3.41. The maximum atomic E-state index is 12.9. The van der Waals surface area contributed by atoms with Gasteiger partial charge < -0.3 is 10.6 Å². The molecule has 1 aromatic heterocycles. The zero-order valence-electron chi connectivity index (χ0n) is 10.5. The van der Waals surface area contributed by atoms with E-state index in [1.54, 1.807) is 12.1 Å². The summed E-state index contributed by atoms with van der Waals surface area (Å²) < 4.78 is 12.9. The number of H-pyrrole nitrogens is 1. The molecule has 2 heterocycles. The van der Waals surface area contributed by atoms with Crippen LogP contribution in [0.2, 0.25) is 0 Å². The smallest absolute Gasteiger partial charge is 0.245 e. The van der Waals surface area contributed by atoms with Gasteiger partial charge in [0.2, 0.25) is 5.95 Å². The Balaban J connectivity index is 1.77. The van der Waals surface area contributed by atoms with Gasteiger partial charge in [0.25, 0.3) is 0 Å². The first kappa shape index (κ1) is 12.1. The third-order valence-electron chi connectivity index (χ3n) is 3.41. The highest BCUT2D eigenvalue weighted by Gasteiger charge is 2.19. The SMILES string of the molecule is NC1CCN(c2n[nH]c(-c3ccc(F)cc3)n2)CC1. The van der Waals surface area contributed by atoms with Crippen LogP contribution in [0.25, 0.3) is 11.4 Å². The second-order valence-corrected chi connectivity index (χ2v) is 4.82. The van der Waals surface area contributed by atoms with E-state index in [1.807, 2.05) is 0 Å². The van der Waals surface area contributed by atoms with Crippen LogP contribution in [0, 0.1) is 5.82 Å². The van der Waals surface area contributed by atoms with E-state index in [1.165, 1.54) is 12.1 Å². The molecule has 6 heteroatoms. The molecule has 2 aromatic rings. The number of halogens is 1. The molecule has 5 nitrogen and oxygen atoms in total. The zero-order valence-corrected chi connectivity index (χ0v) is 10.5. The Bertz CT molecular complexity index is 542. The number of aromatic nitrogens is 3. The Hall–Kier alpha value is -1.95. The highest BCUT2D eigenvalue weighted by atomic mass is 19.1. The highest BCUT2D eigenvalue weighted by molar-refractivity contribution is 5.56. The van der Waals surface area contributed by atoms with Crippen LogP contribution in [0.15, 0.2) is 24.3 Å². The molecule has 1 aliphatic rings. The number of anilines is 1. The standard InChI is InChI=1S/C13H16FN5/c14-10-3-1-9(2-4-10)12-16-13(18-17-12)19-7-5-11(15)6-8-19/h1-4,11H,5-8,15H2,(H,16,17,18). The molecule has 100 valence electrons. The van der Waals surface area contributed by atoms with Gasteiger partial charge in [-0.25, -0.2) is 4.39 Å². The van der Waals surface area contributed by atoms with Gasteiger partial charge in [-0.2, -0.15) is 4.98 Å². The number of rotatable bonds is 2. The molecular formula is C13H16FN5. The van der Waals surface area contributed by atoms with Crippen molar-refractivity contribution in [2.24, 2.45) is 5.73 Å². The van der Waals surface area contributed by atoms with Gasteiger partial charge in [-0.05, 0) is 37.1 Å². The molecule has 1 aromatic carbocycles. The fourth-order valence-electron chi connectivity index (χ4n) is 2.23. The average Bonchev–Trinajstić information content (AvgIpc) is 2.90. The lowest BCUT2D eigenvalue weighted by Gasteiger charge is -2.28. The number of nitrogens with two attached hydrogens (primary N) is 1. The molecule has 0 spiro atoms. The molecule has 0 atom stereocenters. The largest absolute Gasteiger partial charge is 0.339 e. The van der Waals surface area contributed by atoms with Crippen LogP contribution in [0.3, 0.4) is 0 Å². The van der Waals surface area contributed by atoms with Gasteiger partial charge in [0.1, 0.15) is 5.82 Å². The van der Waals surface area contributed by atoms with E-state index in [0.717, 1.165) is 31.5 Å². The van der Waals surface area contributed by atoms with Gasteiger partial charge in [-0.1, -0.05) is 0 Å².